The first kappa shape index (κ1) is 23.9. The van der Waals surface area contributed by atoms with Gasteiger partial charge in [0.15, 0.2) is 0 Å². The predicted octanol–water partition coefficient (Wildman–Crippen LogP) is -2.00. The fourth-order valence-electron chi connectivity index (χ4n) is 1.73. The van der Waals surface area contributed by atoms with E-state index in [9.17, 15) is 9.90 Å². The van der Waals surface area contributed by atoms with Crippen LogP contribution in [0.25, 0.3) is 0 Å². The van der Waals surface area contributed by atoms with E-state index in [2.05, 4.69) is 11.9 Å². The van der Waals surface area contributed by atoms with Gasteiger partial charge in [-0.25, -0.2) is 0 Å². The molecule has 0 amide bonds. The molecule has 6 nitrogen and oxygen atoms in total. The zero-order chi connectivity index (χ0) is 16.1. The van der Waals surface area contributed by atoms with Gasteiger partial charge in [-0.15, -0.1) is 0 Å². The Kier molecular flexibility index (Phi) is 16.8. The summed E-state index contributed by atoms with van der Waals surface area (Å²) in [6.07, 6.45) is 7.88. The maximum Gasteiger partial charge on any atom is 1.00 e. The molecule has 0 saturated carbocycles. The Labute approximate surface area is 155 Å². The molecule has 0 spiro atoms. The molecule has 22 heavy (non-hydrogen) atoms. The van der Waals surface area contributed by atoms with E-state index in [-0.39, 0.29) is 48.7 Å². The van der Waals surface area contributed by atoms with Gasteiger partial charge in [0.25, 0.3) is 0 Å². The molecule has 0 aromatic carbocycles. The summed E-state index contributed by atoms with van der Waals surface area (Å²) in [4.78, 5) is 16.4. The Morgan fingerprint density at radius 1 is 1.36 bits per heavy atom. The second kappa shape index (κ2) is 15.5. The molecule has 0 aromatic heterocycles. The summed E-state index contributed by atoms with van der Waals surface area (Å²) in [5, 5.41) is 29.4. The molecule has 7 heteroatoms. The van der Waals surface area contributed by atoms with Crippen molar-refractivity contribution < 1.29 is 49.7 Å². The summed E-state index contributed by atoms with van der Waals surface area (Å²) in [5.41, 5.74) is 0. The number of aliphatic hydroxyl groups is 1. The summed E-state index contributed by atoms with van der Waals surface area (Å²) in [6, 6.07) is -0.735. The van der Waals surface area contributed by atoms with Crippen LogP contribution >= 0.6 is 0 Å². The number of hydrogen-bond acceptors (Lipinski definition) is 5. The van der Waals surface area contributed by atoms with Gasteiger partial charge in [0, 0.05) is 13.2 Å². The third kappa shape index (κ3) is 12.2. The minimum atomic E-state index is -0.967. The van der Waals surface area contributed by atoms with Crippen LogP contribution in [0.2, 0.25) is 0 Å². The SMILES string of the molecule is CCCCC/C=C/C([O-])=NCN(CCCO)C(C)C(=O)O.[Na+]. The molecule has 0 aliphatic carbocycles. The molecule has 0 saturated heterocycles. The standard InChI is InChI=1S/C15H28N2O4.Na/c1-3-4-5-6-7-9-14(19)16-12-17(10-8-11-18)13(2)15(20)21;/h7,9,13,18H,3-6,8,10-12H2,1-2H3,(H,16,19)(H,20,21);/q;+1/p-1/b9-7+;. The zero-order valence-electron chi connectivity index (χ0n) is 14.0. The summed E-state index contributed by atoms with van der Waals surface area (Å²) in [7, 11) is 0. The number of carboxylic acids is 1. The van der Waals surface area contributed by atoms with E-state index in [1.165, 1.54) is 6.08 Å². The Morgan fingerprint density at radius 3 is 2.59 bits per heavy atom. The smallest absolute Gasteiger partial charge is 0.859 e. The van der Waals surface area contributed by atoms with Gasteiger partial charge in [0.05, 0.1) is 6.67 Å². The average molecular weight is 322 g/mol. The summed E-state index contributed by atoms with van der Waals surface area (Å²) >= 11 is 0. The van der Waals surface area contributed by atoms with Crippen LogP contribution in [0.1, 0.15) is 46.0 Å². The molecule has 2 N–H and O–H groups in total. The van der Waals surface area contributed by atoms with Crippen molar-refractivity contribution in [3.8, 4) is 0 Å². The van der Waals surface area contributed by atoms with Crippen LogP contribution < -0.4 is 34.7 Å². The van der Waals surface area contributed by atoms with Crippen molar-refractivity contribution in [3.63, 3.8) is 0 Å². The van der Waals surface area contributed by atoms with Crippen LogP contribution in [0.15, 0.2) is 17.1 Å². The maximum absolute atomic E-state index is 11.6. The first-order valence-corrected chi connectivity index (χ1v) is 7.48. The molecular weight excluding hydrogens is 295 g/mol. The average Bonchev–Trinajstić information content (AvgIpc) is 2.46. The Bertz CT molecular complexity index is 348. The molecule has 0 radical (unpaired) electrons. The largest absolute Gasteiger partial charge is 1.00 e. The first-order valence-electron chi connectivity index (χ1n) is 7.48. The summed E-state index contributed by atoms with van der Waals surface area (Å²) < 4.78 is 0. The second-order valence-electron chi connectivity index (χ2n) is 4.94. The van der Waals surface area contributed by atoms with Crippen molar-refractivity contribution in [2.75, 3.05) is 19.8 Å². The van der Waals surface area contributed by atoms with E-state index in [1.807, 2.05) is 0 Å². The first-order chi connectivity index (χ1) is 10.0. The van der Waals surface area contributed by atoms with E-state index in [1.54, 1.807) is 17.9 Å². The van der Waals surface area contributed by atoms with Crippen LogP contribution in [-0.4, -0.2) is 52.8 Å². The quantitative estimate of drug-likeness (QED) is 0.188. The molecule has 0 rings (SSSR count). The number of aliphatic hydroxyl groups excluding tert-OH is 1. The molecule has 0 aliphatic heterocycles. The second-order valence-corrected chi connectivity index (χ2v) is 4.94. The maximum atomic E-state index is 11.6. The van der Waals surface area contributed by atoms with Gasteiger partial charge in [0.1, 0.15) is 6.04 Å². The number of rotatable bonds is 12. The van der Waals surface area contributed by atoms with Crippen molar-refractivity contribution in [2.45, 2.75) is 52.0 Å². The van der Waals surface area contributed by atoms with Gasteiger partial charge < -0.3 is 15.3 Å². The van der Waals surface area contributed by atoms with Gasteiger partial charge in [-0.3, -0.25) is 14.7 Å². The number of hydrogen-bond donors (Lipinski definition) is 2. The molecule has 0 heterocycles. The number of carbonyl (C=O) groups is 1. The fraction of sp³-hybridized carbons (Fsp3) is 0.733. The molecule has 1 unspecified atom stereocenters. The van der Waals surface area contributed by atoms with Crippen molar-refractivity contribution in [2.24, 2.45) is 4.99 Å². The fourth-order valence-corrected chi connectivity index (χ4v) is 1.73. The molecule has 0 aliphatic rings. The number of carboxylic acid groups (broad SMARTS) is 1. The van der Waals surface area contributed by atoms with Crippen LogP contribution in [-0.2, 0) is 4.79 Å². The topological polar surface area (TPSA) is 96.2 Å². The summed E-state index contributed by atoms with van der Waals surface area (Å²) in [6.45, 7) is 4.07. The molecule has 0 fully saturated rings. The monoisotopic (exact) mass is 322 g/mol. The van der Waals surface area contributed by atoms with E-state index >= 15 is 0 Å². The number of aliphatic carboxylic acids is 1. The molecule has 1 atom stereocenters. The van der Waals surface area contributed by atoms with Gasteiger partial charge in [0.2, 0.25) is 0 Å². The number of allylic oxidation sites excluding steroid dienone is 1. The van der Waals surface area contributed by atoms with E-state index in [0.29, 0.717) is 13.0 Å². The zero-order valence-corrected chi connectivity index (χ0v) is 16.0. The van der Waals surface area contributed by atoms with Crippen molar-refractivity contribution in [3.05, 3.63) is 12.2 Å². The van der Waals surface area contributed by atoms with E-state index in [0.717, 1.165) is 25.7 Å². The minimum Gasteiger partial charge on any atom is -0.859 e. The Hall–Kier alpha value is -0.400. The van der Waals surface area contributed by atoms with Crippen LogP contribution in [0, 0.1) is 0 Å². The molecule has 0 bridgehead atoms. The molecule has 0 aromatic rings. The minimum absolute atomic E-state index is 0. The van der Waals surface area contributed by atoms with Gasteiger partial charge in [-0.1, -0.05) is 31.9 Å². The molecular formula is C15H27N2NaO4. The van der Waals surface area contributed by atoms with Gasteiger partial charge in [-0.2, -0.15) is 0 Å². The third-order valence-corrected chi connectivity index (χ3v) is 3.15. The normalized spacial score (nSPS) is 13.4. The number of aliphatic imine (C=N–C) groups is 1. The van der Waals surface area contributed by atoms with Crippen molar-refractivity contribution in [1.82, 2.24) is 4.90 Å². The Balaban J connectivity index is 0. The van der Waals surface area contributed by atoms with Crippen molar-refractivity contribution >= 4 is 11.9 Å². The Morgan fingerprint density at radius 2 is 2.05 bits per heavy atom. The number of nitrogens with zero attached hydrogens (tertiary/aromatic N) is 2. The van der Waals surface area contributed by atoms with Crippen LogP contribution in [0.5, 0.6) is 0 Å². The van der Waals surface area contributed by atoms with E-state index < -0.39 is 12.0 Å². The van der Waals surface area contributed by atoms with Gasteiger partial charge in [-0.05, 0) is 32.1 Å². The summed E-state index contributed by atoms with van der Waals surface area (Å²) in [5.74, 6) is -1.32. The predicted molar refractivity (Wildman–Crippen MR) is 81.1 cm³/mol. The van der Waals surface area contributed by atoms with Crippen LogP contribution in [0.4, 0.5) is 0 Å². The van der Waals surface area contributed by atoms with E-state index in [4.69, 9.17) is 10.2 Å². The number of unbranched alkanes of at least 4 members (excludes halogenated alkanes) is 3. The van der Waals surface area contributed by atoms with Crippen molar-refractivity contribution in [1.29, 1.82) is 0 Å². The molecule has 122 valence electrons. The third-order valence-electron chi connectivity index (χ3n) is 3.15. The van der Waals surface area contributed by atoms with Gasteiger partial charge >= 0.3 is 35.5 Å². The van der Waals surface area contributed by atoms with Crippen LogP contribution in [0.3, 0.4) is 0 Å².